The molecule has 0 aliphatic rings. The number of nitrogens with two attached hydrogens (primary N) is 1. The SMILES string of the molecule is COc1cc(Nc2ccc(N)c(OC(C)C)c2)ccc1Cl. The van der Waals surface area contributed by atoms with Gasteiger partial charge in [0.2, 0.25) is 0 Å². The van der Waals surface area contributed by atoms with E-state index in [0.29, 0.717) is 22.2 Å². The molecule has 5 heteroatoms. The number of benzene rings is 2. The van der Waals surface area contributed by atoms with Gasteiger partial charge in [0.25, 0.3) is 0 Å². The zero-order chi connectivity index (χ0) is 15.4. The van der Waals surface area contributed by atoms with E-state index in [0.717, 1.165) is 11.4 Å². The van der Waals surface area contributed by atoms with Crippen LogP contribution in [0.3, 0.4) is 0 Å². The average molecular weight is 307 g/mol. The standard InChI is InChI=1S/C16H19ClN2O2/c1-10(2)21-16-9-12(5-7-14(16)18)19-11-4-6-13(17)15(8-11)20-3/h4-10,19H,18H2,1-3H3. The average Bonchev–Trinajstić information content (AvgIpc) is 2.44. The molecule has 0 aromatic heterocycles. The summed E-state index contributed by atoms with van der Waals surface area (Å²) in [4.78, 5) is 0. The second kappa shape index (κ2) is 6.59. The Morgan fingerprint density at radius 2 is 1.67 bits per heavy atom. The van der Waals surface area contributed by atoms with Crippen LogP contribution in [0, 0.1) is 0 Å². The monoisotopic (exact) mass is 306 g/mol. The van der Waals surface area contributed by atoms with Crippen LogP contribution in [-0.4, -0.2) is 13.2 Å². The molecule has 112 valence electrons. The minimum Gasteiger partial charge on any atom is -0.495 e. The van der Waals surface area contributed by atoms with Crippen molar-refractivity contribution in [2.75, 3.05) is 18.2 Å². The van der Waals surface area contributed by atoms with E-state index in [-0.39, 0.29) is 6.10 Å². The van der Waals surface area contributed by atoms with Gasteiger partial charge < -0.3 is 20.5 Å². The van der Waals surface area contributed by atoms with Crippen LogP contribution in [0.15, 0.2) is 36.4 Å². The van der Waals surface area contributed by atoms with Gasteiger partial charge in [0.05, 0.1) is 23.9 Å². The van der Waals surface area contributed by atoms with Gasteiger partial charge >= 0.3 is 0 Å². The third-order valence-corrected chi connectivity index (χ3v) is 3.13. The molecule has 4 nitrogen and oxygen atoms in total. The first kappa shape index (κ1) is 15.3. The molecule has 0 amide bonds. The summed E-state index contributed by atoms with van der Waals surface area (Å²) in [6.07, 6.45) is 0.0678. The highest BCUT2D eigenvalue weighted by Gasteiger charge is 2.06. The predicted octanol–water partition coefficient (Wildman–Crippen LogP) is 4.46. The molecule has 0 radical (unpaired) electrons. The van der Waals surface area contributed by atoms with Gasteiger partial charge in [0.15, 0.2) is 0 Å². The number of methoxy groups -OCH3 is 1. The van der Waals surface area contributed by atoms with Gasteiger partial charge in [-0.15, -0.1) is 0 Å². The van der Waals surface area contributed by atoms with Gasteiger partial charge in [-0.25, -0.2) is 0 Å². The summed E-state index contributed by atoms with van der Waals surface area (Å²) in [6, 6.07) is 11.1. The van der Waals surface area contributed by atoms with Crippen molar-refractivity contribution in [3.63, 3.8) is 0 Å². The van der Waals surface area contributed by atoms with Crippen LogP contribution in [0.1, 0.15) is 13.8 Å². The summed E-state index contributed by atoms with van der Waals surface area (Å²) >= 11 is 6.01. The first-order chi connectivity index (χ1) is 9.99. The van der Waals surface area contributed by atoms with Crippen LogP contribution >= 0.6 is 11.6 Å². The quantitative estimate of drug-likeness (QED) is 0.801. The van der Waals surface area contributed by atoms with Crippen LogP contribution in [0.5, 0.6) is 11.5 Å². The van der Waals surface area contributed by atoms with Crippen molar-refractivity contribution in [1.29, 1.82) is 0 Å². The Morgan fingerprint density at radius 1 is 1.05 bits per heavy atom. The fourth-order valence-corrected chi connectivity index (χ4v) is 2.07. The highest BCUT2D eigenvalue weighted by Crippen LogP contribution is 2.31. The van der Waals surface area contributed by atoms with E-state index in [2.05, 4.69) is 5.32 Å². The molecule has 0 atom stereocenters. The summed E-state index contributed by atoms with van der Waals surface area (Å²) in [6.45, 7) is 3.92. The van der Waals surface area contributed by atoms with Gasteiger partial charge in [-0.2, -0.15) is 0 Å². The second-order valence-electron chi connectivity index (χ2n) is 4.89. The molecule has 21 heavy (non-hydrogen) atoms. The van der Waals surface area contributed by atoms with Crippen molar-refractivity contribution >= 4 is 28.7 Å². The van der Waals surface area contributed by atoms with E-state index in [1.165, 1.54) is 0 Å². The van der Waals surface area contributed by atoms with E-state index >= 15 is 0 Å². The van der Waals surface area contributed by atoms with E-state index < -0.39 is 0 Å². The lowest BCUT2D eigenvalue weighted by Crippen LogP contribution is -2.07. The first-order valence-electron chi connectivity index (χ1n) is 6.66. The minimum atomic E-state index is 0.0678. The van der Waals surface area contributed by atoms with Gasteiger partial charge in [-0.05, 0) is 38.1 Å². The number of hydrogen-bond acceptors (Lipinski definition) is 4. The van der Waals surface area contributed by atoms with Gasteiger partial charge in [-0.3, -0.25) is 0 Å². The lowest BCUT2D eigenvalue weighted by molar-refractivity contribution is 0.244. The first-order valence-corrected chi connectivity index (χ1v) is 7.04. The lowest BCUT2D eigenvalue weighted by Gasteiger charge is -2.15. The maximum absolute atomic E-state index is 6.01. The van der Waals surface area contributed by atoms with Crippen molar-refractivity contribution in [2.45, 2.75) is 20.0 Å². The number of hydrogen-bond donors (Lipinski definition) is 2. The fourth-order valence-electron chi connectivity index (χ4n) is 1.87. The molecule has 0 saturated carbocycles. The second-order valence-corrected chi connectivity index (χ2v) is 5.30. The van der Waals surface area contributed by atoms with Gasteiger partial charge in [0, 0.05) is 23.5 Å². The molecule has 0 heterocycles. The maximum Gasteiger partial charge on any atom is 0.144 e. The topological polar surface area (TPSA) is 56.5 Å². The third kappa shape index (κ3) is 3.95. The Bertz CT molecular complexity index is 630. The largest absolute Gasteiger partial charge is 0.495 e. The molecular weight excluding hydrogens is 288 g/mol. The van der Waals surface area contributed by atoms with Gasteiger partial charge in [0.1, 0.15) is 11.5 Å². The Labute approximate surface area is 129 Å². The van der Waals surface area contributed by atoms with E-state index in [9.17, 15) is 0 Å². The summed E-state index contributed by atoms with van der Waals surface area (Å²) in [5.74, 6) is 1.28. The molecule has 0 fully saturated rings. The molecule has 3 N–H and O–H groups in total. The summed E-state index contributed by atoms with van der Waals surface area (Å²) in [5, 5.41) is 3.85. The normalized spacial score (nSPS) is 10.5. The molecule has 0 saturated heterocycles. The van der Waals surface area contributed by atoms with E-state index in [4.69, 9.17) is 26.8 Å². The van der Waals surface area contributed by atoms with Crippen LogP contribution < -0.4 is 20.5 Å². The summed E-state index contributed by atoms with van der Waals surface area (Å²) in [7, 11) is 1.59. The molecule has 0 aliphatic carbocycles. The number of rotatable bonds is 5. The highest BCUT2D eigenvalue weighted by atomic mass is 35.5. The fraction of sp³-hybridized carbons (Fsp3) is 0.250. The Hall–Kier alpha value is -2.07. The number of halogens is 1. The molecule has 2 aromatic rings. The number of anilines is 3. The summed E-state index contributed by atoms with van der Waals surface area (Å²) < 4.78 is 10.9. The minimum absolute atomic E-state index is 0.0678. The van der Waals surface area contributed by atoms with Crippen LogP contribution in [0.2, 0.25) is 5.02 Å². The number of ether oxygens (including phenoxy) is 2. The Morgan fingerprint density at radius 3 is 2.29 bits per heavy atom. The lowest BCUT2D eigenvalue weighted by atomic mass is 10.2. The number of nitrogen functional groups attached to an aromatic ring is 1. The van der Waals surface area contributed by atoms with E-state index in [1.807, 2.05) is 44.2 Å². The van der Waals surface area contributed by atoms with E-state index in [1.54, 1.807) is 13.2 Å². The maximum atomic E-state index is 6.01. The Kier molecular flexibility index (Phi) is 4.81. The van der Waals surface area contributed by atoms with Crippen LogP contribution in [-0.2, 0) is 0 Å². The molecule has 0 bridgehead atoms. The van der Waals surface area contributed by atoms with Crippen molar-refractivity contribution in [3.05, 3.63) is 41.4 Å². The van der Waals surface area contributed by atoms with Crippen molar-refractivity contribution < 1.29 is 9.47 Å². The summed E-state index contributed by atoms with van der Waals surface area (Å²) in [5.41, 5.74) is 8.27. The number of nitrogens with one attached hydrogen (secondary N) is 1. The van der Waals surface area contributed by atoms with Crippen LogP contribution in [0.25, 0.3) is 0 Å². The van der Waals surface area contributed by atoms with Crippen LogP contribution in [0.4, 0.5) is 17.1 Å². The van der Waals surface area contributed by atoms with Gasteiger partial charge in [-0.1, -0.05) is 11.6 Å². The highest BCUT2D eigenvalue weighted by molar-refractivity contribution is 6.32. The molecule has 0 aliphatic heterocycles. The molecular formula is C16H19ClN2O2. The molecule has 2 rings (SSSR count). The zero-order valence-electron chi connectivity index (χ0n) is 12.3. The molecule has 0 spiro atoms. The molecule has 0 unspecified atom stereocenters. The van der Waals surface area contributed by atoms with Crippen molar-refractivity contribution in [3.8, 4) is 11.5 Å². The van der Waals surface area contributed by atoms with Crippen molar-refractivity contribution in [2.24, 2.45) is 0 Å². The Balaban J connectivity index is 2.23. The van der Waals surface area contributed by atoms with Crippen molar-refractivity contribution in [1.82, 2.24) is 0 Å². The zero-order valence-corrected chi connectivity index (χ0v) is 13.1. The third-order valence-electron chi connectivity index (χ3n) is 2.82. The predicted molar refractivity (Wildman–Crippen MR) is 87.9 cm³/mol. The smallest absolute Gasteiger partial charge is 0.144 e. The molecule has 2 aromatic carbocycles.